The van der Waals surface area contributed by atoms with Crippen molar-refractivity contribution >= 4 is 21.6 Å². The zero-order chi connectivity index (χ0) is 20.9. The number of amides is 1. The number of methoxy groups -OCH3 is 1. The Kier molecular flexibility index (Phi) is 7.35. The van der Waals surface area contributed by atoms with Crippen LogP contribution >= 0.6 is 0 Å². The molecule has 0 atom stereocenters. The molecule has 0 unspecified atom stereocenters. The Morgan fingerprint density at radius 1 is 1.07 bits per heavy atom. The quantitative estimate of drug-likeness (QED) is 0.727. The average molecular weight is 405 g/mol. The van der Waals surface area contributed by atoms with E-state index in [2.05, 4.69) is 5.32 Å². The number of sulfonamides is 1. The normalized spacial score (nSPS) is 11.6. The van der Waals surface area contributed by atoms with Crippen LogP contribution in [0, 0.1) is 13.8 Å². The highest BCUT2D eigenvalue weighted by molar-refractivity contribution is 7.89. The van der Waals surface area contributed by atoms with Crippen molar-refractivity contribution in [2.24, 2.45) is 0 Å². The van der Waals surface area contributed by atoms with E-state index in [0.29, 0.717) is 30.9 Å². The molecule has 0 aliphatic rings. The number of ether oxygens (including phenoxy) is 1. The van der Waals surface area contributed by atoms with E-state index in [-0.39, 0.29) is 10.8 Å². The van der Waals surface area contributed by atoms with Gasteiger partial charge in [0, 0.05) is 31.5 Å². The molecule has 0 heterocycles. The van der Waals surface area contributed by atoms with Crippen LogP contribution in [0.25, 0.3) is 0 Å². The number of aryl methyl sites for hydroxylation is 1. The van der Waals surface area contributed by atoms with Gasteiger partial charge in [-0.1, -0.05) is 26.0 Å². The number of benzene rings is 2. The van der Waals surface area contributed by atoms with Gasteiger partial charge in [0.15, 0.2) is 0 Å². The third-order valence-electron chi connectivity index (χ3n) is 4.76. The topological polar surface area (TPSA) is 75.7 Å². The number of carbonyl (C=O) groups excluding carboxylic acids is 1. The number of nitrogens with one attached hydrogen (secondary N) is 1. The number of hydrogen-bond donors (Lipinski definition) is 1. The maximum Gasteiger partial charge on any atom is 0.255 e. The molecule has 0 aromatic heterocycles. The van der Waals surface area contributed by atoms with Crippen molar-refractivity contribution in [3.8, 4) is 0 Å². The van der Waals surface area contributed by atoms with Crippen LogP contribution in [0.4, 0.5) is 5.69 Å². The first kappa shape index (κ1) is 22.1. The fourth-order valence-electron chi connectivity index (χ4n) is 2.93. The summed E-state index contributed by atoms with van der Waals surface area (Å²) >= 11 is 0. The molecule has 0 aliphatic heterocycles. The molecule has 28 heavy (non-hydrogen) atoms. The van der Waals surface area contributed by atoms with Gasteiger partial charge < -0.3 is 10.1 Å². The molecule has 2 rings (SSSR count). The van der Waals surface area contributed by atoms with Gasteiger partial charge in [-0.2, -0.15) is 4.31 Å². The highest BCUT2D eigenvalue weighted by Crippen LogP contribution is 2.26. The molecule has 0 aliphatic carbocycles. The molecule has 7 heteroatoms. The molecule has 0 bridgehead atoms. The van der Waals surface area contributed by atoms with Crippen molar-refractivity contribution in [3.05, 3.63) is 58.7 Å². The van der Waals surface area contributed by atoms with Crippen LogP contribution in [-0.4, -0.2) is 38.8 Å². The average Bonchev–Trinajstić information content (AvgIpc) is 2.66. The monoisotopic (exact) mass is 404 g/mol. The van der Waals surface area contributed by atoms with Crippen molar-refractivity contribution in [1.29, 1.82) is 0 Å². The van der Waals surface area contributed by atoms with Crippen LogP contribution < -0.4 is 5.32 Å². The van der Waals surface area contributed by atoms with Gasteiger partial charge in [0.05, 0.1) is 11.5 Å². The van der Waals surface area contributed by atoms with Crippen LogP contribution in [0.2, 0.25) is 0 Å². The summed E-state index contributed by atoms with van der Waals surface area (Å²) in [5.41, 5.74) is 3.60. The zero-order valence-electron chi connectivity index (χ0n) is 17.1. The minimum absolute atomic E-state index is 0.185. The van der Waals surface area contributed by atoms with Gasteiger partial charge in [-0.3, -0.25) is 4.79 Å². The number of nitrogens with zero attached hydrogens (tertiary/aromatic N) is 1. The van der Waals surface area contributed by atoms with Gasteiger partial charge in [0.25, 0.3) is 5.91 Å². The van der Waals surface area contributed by atoms with Crippen molar-refractivity contribution in [2.75, 3.05) is 25.5 Å². The second-order valence-corrected chi connectivity index (χ2v) is 8.52. The summed E-state index contributed by atoms with van der Waals surface area (Å²) in [6.45, 7) is 8.57. The highest BCUT2D eigenvalue weighted by Gasteiger charge is 2.23. The van der Waals surface area contributed by atoms with Gasteiger partial charge in [-0.25, -0.2) is 8.42 Å². The molecule has 0 saturated carbocycles. The van der Waals surface area contributed by atoms with Crippen LogP contribution in [0.15, 0.2) is 41.3 Å². The molecule has 1 N–H and O–H groups in total. The first-order chi connectivity index (χ1) is 13.2. The second-order valence-electron chi connectivity index (χ2n) is 6.59. The van der Waals surface area contributed by atoms with E-state index in [1.165, 1.54) is 10.4 Å². The fourth-order valence-corrected chi connectivity index (χ4v) is 4.50. The first-order valence-electron chi connectivity index (χ1n) is 9.25. The SMILES string of the molecule is CCN(CC)S(=O)(=O)c1cc(C)c(C)c(NC(=O)c2ccc(COC)cc2)c1. The molecule has 0 radical (unpaired) electrons. The number of rotatable bonds is 8. The largest absolute Gasteiger partial charge is 0.380 e. The van der Waals surface area contributed by atoms with E-state index < -0.39 is 10.0 Å². The first-order valence-corrected chi connectivity index (χ1v) is 10.7. The van der Waals surface area contributed by atoms with Gasteiger partial charge in [0.2, 0.25) is 10.0 Å². The Morgan fingerprint density at radius 2 is 1.68 bits per heavy atom. The molecule has 6 nitrogen and oxygen atoms in total. The fraction of sp³-hybridized carbons (Fsp3) is 0.381. The van der Waals surface area contributed by atoms with E-state index in [9.17, 15) is 13.2 Å². The summed E-state index contributed by atoms with van der Waals surface area (Å²) < 4.78 is 32.2. The van der Waals surface area contributed by atoms with Crippen molar-refractivity contribution in [3.63, 3.8) is 0 Å². The second kappa shape index (κ2) is 9.32. The summed E-state index contributed by atoms with van der Waals surface area (Å²) in [6, 6.07) is 10.3. The van der Waals surface area contributed by atoms with Gasteiger partial charge >= 0.3 is 0 Å². The molecule has 0 fully saturated rings. The van der Waals surface area contributed by atoms with Gasteiger partial charge in [-0.15, -0.1) is 0 Å². The zero-order valence-corrected chi connectivity index (χ0v) is 17.9. The standard InChI is InChI=1S/C21H28N2O4S/c1-6-23(7-2)28(25,26)19-12-15(3)16(4)20(13-19)22-21(24)18-10-8-17(9-11-18)14-27-5/h8-13H,6-7,14H2,1-5H3,(H,22,24). The molecule has 2 aromatic rings. The Bertz CT molecular complexity index is 934. The summed E-state index contributed by atoms with van der Waals surface area (Å²) in [5, 5.41) is 2.85. The molecule has 0 saturated heterocycles. The Balaban J connectivity index is 2.35. The van der Waals surface area contributed by atoms with Crippen LogP contribution in [0.5, 0.6) is 0 Å². The molecular weight excluding hydrogens is 376 g/mol. The Hall–Kier alpha value is -2.22. The third kappa shape index (κ3) is 4.79. The molecule has 152 valence electrons. The van der Waals surface area contributed by atoms with E-state index in [0.717, 1.165) is 16.7 Å². The minimum Gasteiger partial charge on any atom is -0.380 e. The highest BCUT2D eigenvalue weighted by atomic mass is 32.2. The lowest BCUT2D eigenvalue weighted by atomic mass is 10.1. The summed E-state index contributed by atoms with van der Waals surface area (Å²) in [5.74, 6) is -0.288. The summed E-state index contributed by atoms with van der Waals surface area (Å²) in [6.07, 6.45) is 0. The molecule has 2 aromatic carbocycles. The third-order valence-corrected chi connectivity index (χ3v) is 6.79. The van der Waals surface area contributed by atoms with E-state index in [4.69, 9.17) is 4.74 Å². The smallest absolute Gasteiger partial charge is 0.255 e. The van der Waals surface area contributed by atoms with E-state index in [1.807, 2.05) is 26.0 Å². The molecular formula is C21H28N2O4S. The van der Waals surface area contributed by atoms with Gasteiger partial charge in [-0.05, 0) is 54.8 Å². The lowest BCUT2D eigenvalue weighted by Gasteiger charge is -2.20. The van der Waals surface area contributed by atoms with Crippen LogP contribution in [0.1, 0.15) is 40.9 Å². The predicted octanol–water partition coefficient (Wildman–Crippen LogP) is 3.73. The Morgan fingerprint density at radius 3 is 2.21 bits per heavy atom. The maximum atomic E-state index is 12.9. The minimum atomic E-state index is -3.61. The summed E-state index contributed by atoms with van der Waals surface area (Å²) in [4.78, 5) is 12.8. The van der Waals surface area contributed by atoms with Crippen molar-refractivity contribution < 1.29 is 17.9 Å². The molecule has 0 spiro atoms. The maximum absolute atomic E-state index is 12.9. The Labute approximate surface area is 167 Å². The lowest BCUT2D eigenvalue weighted by molar-refractivity contribution is 0.102. The van der Waals surface area contributed by atoms with Gasteiger partial charge in [0.1, 0.15) is 0 Å². The molecule has 1 amide bonds. The number of hydrogen-bond acceptors (Lipinski definition) is 4. The lowest BCUT2D eigenvalue weighted by Crippen LogP contribution is -2.30. The van der Waals surface area contributed by atoms with Crippen LogP contribution in [0.3, 0.4) is 0 Å². The van der Waals surface area contributed by atoms with Crippen LogP contribution in [-0.2, 0) is 21.4 Å². The predicted molar refractivity (Wildman–Crippen MR) is 111 cm³/mol. The van der Waals surface area contributed by atoms with E-state index in [1.54, 1.807) is 39.2 Å². The van der Waals surface area contributed by atoms with Crippen molar-refractivity contribution in [2.45, 2.75) is 39.2 Å². The number of anilines is 1. The summed E-state index contributed by atoms with van der Waals surface area (Å²) in [7, 11) is -1.99. The van der Waals surface area contributed by atoms with Crippen molar-refractivity contribution in [1.82, 2.24) is 4.31 Å². The van der Waals surface area contributed by atoms with E-state index >= 15 is 0 Å². The number of carbonyl (C=O) groups is 1.